The average Bonchev–Trinajstić information content (AvgIpc) is 2.43. The molecule has 20 heavy (non-hydrogen) atoms. The molecule has 0 saturated carbocycles. The molecule has 106 valence electrons. The number of aryl methyl sites for hydroxylation is 1. The normalized spacial score (nSPS) is 11.4. The molecular formula is C15H16ClNO2S. The SMILES string of the molecule is Nc1ccc(S(=O)(=O)CCCc2ccccc2)cc1Cl. The molecule has 0 amide bonds. The van der Waals surface area contributed by atoms with Crippen molar-refractivity contribution in [3.8, 4) is 0 Å². The van der Waals surface area contributed by atoms with E-state index in [1.165, 1.54) is 18.2 Å². The number of nitrogen functional groups attached to an aromatic ring is 1. The van der Waals surface area contributed by atoms with E-state index in [1.54, 1.807) is 0 Å². The molecule has 0 fully saturated rings. The zero-order chi connectivity index (χ0) is 14.6. The third-order valence-electron chi connectivity index (χ3n) is 3.05. The van der Waals surface area contributed by atoms with Gasteiger partial charge in [-0.1, -0.05) is 41.9 Å². The fraction of sp³-hybridized carbons (Fsp3) is 0.200. The van der Waals surface area contributed by atoms with Gasteiger partial charge in [-0.15, -0.1) is 0 Å². The van der Waals surface area contributed by atoms with E-state index in [0.717, 1.165) is 12.0 Å². The van der Waals surface area contributed by atoms with Crippen LogP contribution in [0.5, 0.6) is 0 Å². The first kappa shape index (κ1) is 14.9. The summed E-state index contributed by atoms with van der Waals surface area (Å²) in [7, 11) is -3.31. The van der Waals surface area contributed by atoms with Crippen molar-refractivity contribution in [3.63, 3.8) is 0 Å². The number of sulfone groups is 1. The molecule has 0 atom stereocenters. The number of halogens is 1. The summed E-state index contributed by atoms with van der Waals surface area (Å²) in [5, 5.41) is 0.272. The summed E-state index contributed by atoms with van der Waals surface area (Å²) in [5.41, 5.74) is 7.10. The Morgan fingerprint density at radius 3 is 2.40 bits per heavy atom. The molecule has 0 bridgehead atoms. The van der Waals surface area contributed by atoms with Crippen LogP contribution in [0.25, 0.3) is 0 Å². The van der Waals surface area contributed by atoms with Gasteiger partial charge in [0.15, 0.2) is 9.84 Å². The molecule has 2 aromatic carbocycles. The van der Waals surface area contributed by atoms with Gasteiger partial charge in [-0.3, -0.25) is 0 Å². The molecule has 0 aliphatic heterocycles. The number of hydrogen-bond acceptors (Lipinski definition) is 3. The van der Waals surface area contributed by atoms with Crippen LogP contribution in [0.1, 0.15) is 12.0 Å². The molecule has 2 rings (SSSR count). The molecule has 5 heteroatoms. The number of anilines is 1. The third-order valence-corrected chi connectivity index (χ3v) is 5.18. The second-order valence-electron chi connectivity index (χ2n) is 4.59. The van der Waals surface area contributed by atoms with Crippen LogP contribution in [0.3, 0.4) is 0 Å². The van der Waals surface area contributed by atoms with Crippen molar-refractivity contribution in [2.75, 3.05) is 11.5 Å². The summed E-state index contributed by atoms with van der Waals surface area (Å²) < 4.78 is 24.4. The highest BCUT2D eigenvalue weighted by Gasteiger charge is 2.15. The van der Waals surface area contributed by atoms with Gasteiger partial charge < -0.3 is 5.73 Å². The highest BCUT2D eigenvalue weighted by Crippen LogP contribution is 2.23. The van der Waals surface area contributed by atoms with Gasteiger partial charge >= 0.3 is 0 Å². The smallest absolute Gasteiger partial charge is 0.178 e. The molecule has 0 aliphatic rings. The Bertz CT molecular complexity index is 684. The van der Waals surface area contributed by atoms with Gasteiger partial charge in [-0.05, 0) is 36.6 Å². The molecule has 0 saturated heterocycles. The van der Waals surface area contributed by atoms with E-state index in [1.807, 2.05) is 30.3 Å². The fourth-order valence-corrected chi connectivity index (χ4v) is 3.51. The lowest BCUT2D eigenvalue weighted by atomic mass is 10.1. The van der Waals surface area contributed by atoms with Gasteiger partial charge in [0, 0.05) is 0 Å². The number of hydrogen-bond donors (Lipinski definition) is 1. The average molecular weight is 310 g/mol. The summed E-state index contributed by atoms with van der Waals surface area (Å²) in [4.78, 5) is 0.227. The molecule has 0 heterocycles. The first-order chi connectivity index (χ1) is 9.49. The van der Waals surface area contributed by atoms with Crippen LogP contribution in [0, 0.1) is 0 Å². The second-order valence-corrected chi connectivity index (χ2v) is 7.11. The first-order valence-corrected chi connectivity index (χ1v) is 8.34. The van der Waals surface area contributed by atoms with Crippen molar-refractivity contribution in [3.05, 3.63) is 59.1 Å². The third kappa shape index (κ3) is 3.74. The van der Waals surface area contributed by atoms with Crippen molar-refractivity contribution in [2.45, 2.75) is 17.7 Å². The number of benzene rings is 2. The summed E-state index contributed by atoms with van der Waals surface area (Å²) in [5.74, 6) is 0.0993. The van der Waals surface area contributed by atoms with Crippen molar-refractivity contribution >= 4 is 27.1 Å². The topological polar surface area (TPSA) is 60.2 Å². The van der Waals surface area contributed by atoms with E-state index >= 15 is 0 Å². The van der Waals surface area contributed by atoms with Gasteiger partial charge in [0.2, 0.25) is 0 Å². The van der Waals surface area contributed by atoms with Crippen molar-refractivity contribution in [2.24, 2.45) is 0 Å². The van der Waals surface area contributed by atoms with E-state index in [4.69, 9.17) is 17.3 Å². The van der Waals surface area contributed by atoms with Crippen molar-refractivity contribution < 1.29 is 8.42 Å². The van der Waals surface area contributed by atoms with Gasteiger partial charge in [-0.2, -0.15) is 0 Å². The molecule has 2 N–H and O–H groups in total. The summed E-state index contributed by atoms with van der Waals surface area (Å²) in [6.45, 7) is 0. The van der Waals surface area contributed by atoms with Crippen LogP contribution in [0.2, 0.25) is 5.02 Å². The zero-order valence-electron chi connectivity index (χ0n) is 10.9. The second kappa shape index (κ2) is 6.29. The zero-order valence-corrected chi connectivity index (χ0v) is 12.5. The van der Waals surface area contributed by atoms with Crippen LogP contribution < -0.4 is 5.73 Å². The fourth-order valence-electron chi connectivity index (χ4n) is 1.93. The van der Waals surface area contributed by atoms with E-state index in [9.17, 15) is 8.42 Å². The van der Waals surface area contributed by atoms with E-state index in [2.05, 4.69) is 0 Å². The minimum absolute atomic E-state index is 0.0993. The molecule has 0 aromatic heterocycles. The standard InChI is InChI=1S/C15H16ClNO2S/c16-14-11-13(8-9-15(14)17)20(18,19)10-4-7-12-5-2-1-3-6-12/h1-3,5-6,8-9,11H,4,7,10,17H2. The number of nitrogens with two attached hydrogens (primary N) is 1. The molecule has 3 nitrogen and oxygen atoms in total. The lowest BCUT2D eigenvalue weighted by Crippen LogP contribution is -2.08. The maximum absolute atomic E-state index is 12.2. The van der Waals surface area contributed by atoms with Crippen LogP contribution in [-0.2, 0) is 16.3 Å². The van der Waals surface area contributed by atoms with Gasteiger partial charge in [-0.25, -0.2) is 8.42 Å². The quantitative estimate of drug-likeness (QED) is 0.862. The Hall–Kier alpha value is -1.52. The Labute approximate surface area is 124 Å². The van der Waals surface area contributed by atoms with Crippen molar-refractivity contribution in [1.29, 1.82) is 0 Å². The molecular weight excluding hydrogens is 294 g/mol. The number of rotatable bonds is 5. The Balaban J connectivity index is 2.02. The van der Waals surface area contributed by atoms with E-state index in [-0.39, 0.29) is 15.7 Å². The molecule has 0 spiro atoms. The van der Waals surface area contributed by atoms with Gasteiger partial charge in [0.1, 0.15) is 0 Å². The Morgan fingerprint density at radius 1 is 1.05 bits per heavy atom. The summed E-state index contributed by atoms with van der Waals surface area (Å²) in [6, 6.07) is 14.3. The molecule has 0 aliphatic carbocycles. The van der Waals surface area contributed by atoms with Gasteiger partial charge in [0.05, 0.1) is 21.4 Å². The molecule has 0 radical (unpaired) electrons. The molecule has 0 unspecified atom stereocenters. The van der Waals surface area contributed by atoms with Crippen LogP contribution in [0.4, 0.5) is 5.69 Å². The van der Waals surface area contributed by atoms with E-state index in [0.29, 0.717) is 12.1 Å². The highest BCUT2D eigenvalue weighted by molar-refractivity contribution is 7.91. The predicted octanol–water partition coefficient (Wildman–Crippen LogP) is 3.33. The summed E-state index contributed by atoms with van der Waals surface area (Å²) >= 11 is 5.86. The largest absolute Gasteiger partial charge is 0.398 e. The lowest BCUT2D eigenvalue weighted by molar-refractivity contribution is 0.593. The summed E-state index contributed by atoms with van der Waals surface area (Å²) in [6.07, 6.45) is 1.32. The van der Waals surface area contributed by atoms with Crippen LogP contribution in [0.15, 0.2) is 53.4 Å². The minimum atomic E-state index is -3.31. The Morgan fingerprint density at radius 2 is 1.75 bits per heavy atom. The Kier molecular flexibility index (Phi) is 4.68. The first-order valence-electron chi connectivity index (χ1n) is 6.31. The lowest BCUT2D eigenvalue weighted by Gasteiger charge is -2.06. The molecule has 2 aromatic rings. The van der Waals surface area contributed by atoms with E-state index < -0.39 is 9.84 Å². The van der Waals surface area contributed by atoms with Crippen LogP contribution in [-0.4, -0.2) is 14.2 Å². The van der Waals surface area contributed by atoms with Crippen LogP contribution >= 0.6 is 11.6 Å². The highest BCUT2D eigenvalue weighted by atomic mass is 35.5. The maximum Gasteiger partial charge on any atom is 0.178 e. The van der Waals surface area contributed by atoms with Crippen molar-refractivity contribution in [1.82, 2.24) is 0 Å². The monoisotopic (exact) mass is 309 g/mol. The minimum Gasteiger partial charge on any atom is -0.398 e. The predicted molar refractivity (Wildman–Crippen MR) is 82.7 cm³/mol. The van der Waals surface area contributed by atoms with Gasteiger partial charge in [0.25, 0.3) is 0 Å². The maximum atomic E-state index is 12.2.